The number of non-ortho nitro benzene ring substituents is 1. The predicted octanol–water partition coefficient (Wildman–Crippen LogP) is 4.63. The van der Waals surface area contributed by atoms with Gasteiger partial charge in [0.1, 0.15) is 0 Å². The number of aromatic nitrogens is 2. The van der Waals surface area contributed by atoms with E-state index in [1.165, 1.54) is 53.2 Å². The summed E-state index contributed by atoms with van der Waals surface area (Å²) in [5, 5.41) is 23.5. The highest BCUT2D eigenvalue weighted by atomic mass is 35.5. The topological polar surface area (TPSA) is 110 Å². The number of carbonyl (C=O) groups excluding carboxylic acids is 1. The van der Waals surface area contributed by atoms with E-state index in [1.807, 2.05) is 24.3 Å². The third-order valence-electron chi connectivity index (χ3n) is 3.51. The first kappa shape index (κ1) is 22.2. The van der Waals surface area contributed by atoms with E-state index in [0.29, 0.717) is 20.7 Å². The summed E-state index contributed by atoms with van der Waals surface area (Å²) < 4.78 is 1.47. The number of rotatable bonds is 9. The fourth-order valence-corrected chi connectivity index (χ4v) is 5.22. The highest BCUT2D eigenvalue weighted by Crippen LogP contribution is 2.32. The molecule has 12 heteroatoms. The Morgan fingerprint density at radius 1 is 1.20 bits per heavy atom. The molecule has 0 aliphatic heterocycles. The van der Waals surface area contributed by atoms with Gasteiger partial charge in [-0.05, 0) is 11.6 Å². The summed E-state index contributed by atoms with van der Waals surface area (Å²) >= 11 is 10.3. The van der Waals surface area contributed by atoms with E-state index in [-0.39, 0.29) is 17.3 Å². The zero-order valence-corrected chi connectivity index (χ0v) is 18.4. The van der Waals surface area contributed by atoms with Gasteiger partial charge in [0.05, 0.1) is 16.9 Å². The van der Waals surface area contributed by atoms with Crippen molar-refractivity contribution in [2.45, 2.75) is 14.4 Å². The van der Waals surface area contributed by atoms with Crippen LogP contribution in [-0.4, -0.2) is 33.0 Å². The Bertz CT molecular complexity index is 1080. The van der Waals surface area contributed by atoms with E-state index in [1.54, 1.807) is 12.1 Å². The van der Waals surface area contributed by atoms with Crippen molar-refractivity contribution in [1.29, 1.82) is 0 Å². The molecule has 0 saturated carbocycles. The van der Waals surface area contributed by atoms with E-state index < -0.39 is 4.92 Å². The molecule has 154 valence electrons. The first-order valence-electron chi connectivity index (χ1n) is 8.40. The molecule has 30 heavy (non-hydrogen) atoms. The largest absolute Gasteiger partial charge is 0.272 e. The lowest BCUT2D eigenvalue weighted by atomic mass is 10.2. The molecular weight excluding hydrogens is 466 g/mol. The minimum absolute atomic E-state index is 0.0414. The van der Waals surface area contributed by atoms with Crippen molar-refractivity contribution in [1.82, 2.24) is 15.6 Å². The molecule has 0 spiro atoms. The van der Waals surface area contributed by atoms with E-state index >= 15 is 0 Å². The highest BCUT2D eigenvalue weighted by Gasteiger charge is 2.09. The molecule has 1 amide bonds. The van der Waals surface area contributed by atoms with E-state index in [9.17, 15) is 14.9 Å². The lowest BCUT2D eigenvalue weighted by Gasteiger charge is -2.00. The second-order valence-electron chi connectivity index (χ2n) is 5.65. The summed E-state index contributed by atoms with van der Waals surface area (Å²) in [4.78, 5) is 22.2. The first-order valence-corrected chi connectivity index (χ1v) is 11.6. The Labute approximate surface area is 189 Å². The molecule has 3 rings (SSSR count). The van der Waals surface area contributed by atoms with Gasteiger partial charge in [-0.2, -0.15) is 5.10 Å². The molecule has 0 unspecified atom stereocenters. The van der Waals surface area contributed by atoms with E-state index in [4.69, 9.17) is 11.6 Å². The fraction of sp³-hybridized carbons (Fsp3) is 0.111. The Hall–Kier alpha value is -2.47. The lowest BCUT2D eigenvalue weighted by molar-refractivity contribution is -0.384. The maximum atomic E-state index is 11.9. The Morgan fingerprint density at radius 3 is 2.73 bits per heavy atom. The number of thioether (sulfide) groups is 2. The van der Waals surface area contributed by atoms with Crippen LogP contribution in [0.3, 0.4) is 0 Å². The fourth-order valence-electron chi connectivity index (χ4n) is 2.13. The maximum absolute atomic E-state index is 11.9. The average Bonchev–Trinajstić information content (AvgIpc) is 3.20. The van der Waals surface area contributed by atoms with Crippen molar-refractivity contribution < 1.29 is 9.72 Å². The number of carbonyl (C=O) groups is 1. The van der Waals surface area contributed by atoms with Crippen LogP contribution in [0.2, 0.25) is 5.02 Å². The van der Waals surface area contributed by atoms with Crippen LogP contribution in [0, 0.1) is 10.1 Å². The second-order valence-corrected chi connectivity index (χ2v) is 9.48. The number of nitrogens with zero attached hydrogens (tertiary/aromatic N) is 4. The van der Waals surface area contributed by atoms with Gasteiger partial charge in [-0.25, -0.2) is 5.43 Å². The van der Waals surface area contributed by atoms with Crippen LogP contribution in [0.4, 0.5) is 5.69 Å². The van der Waals surface area contributed by atoms with Crippen LogP contribution in [0.5, 0.6) is 0 Å². The average molecular weight is 480 g/mol. The molecule has 0 saturated heterocycles. The van der Waals surface area contributed by atoms with Crippen molar-refractivity contribution in [2.75, 3.05) is 5.75 Å². The zero-order valence-electron chi connectivity index (χ0n) is 15.2. The SMILES string of the molecule is O=C(CSc1nnc(SCc2ccccc2Cl)s1)N/N=C/c1cccc([N+](=O)[O-])c1. The minimum atomic E-state index is -0.490. The van der Waals surface area contributed by atoms with Gasteiger partial charge in [-0.15, -0.1) is 10.2 Å². The number of nitro benzene ring substituents is 1. The highest BCUT2D eigenvalue weighted by molar-refractivity contribution is 8.03. The smallest absolute Gasteiger partial charge is 0.270 e. The van der Waals surface area contributed by atoms with Gasteiger partial charge < -0.3 is 0 Å². The summed E-state index contributed by atoms with van der Waals surface area (Å²) in [5.74, 6) is 0.490. The summed E-state index contributed by atoms with van der Waals surface area (Å²) in [6, 6.07) is 13.6. The van der Waals surface area contributed by atoms with Crippen LogP contribution in [-0.2, 0) is 10.5 Å². The molecule has 1 N–H and O–H groups in total. The van der Waals surface area contributed by atoms with Crippen molar-refractivity contribution in [2.24, 2.45) is 5.10 Å². The van der Waals surface area contributed by atoms with Crippen LogP contribution >= 0.6 is 46.5 Å². The van der Waals surface area contributed by atoms with E-state index in [0.717, 1.165) is 9.90 Å². The van der Waals surface area contributed by atoms with Crippen LogP contribution in [0.1, 0.15) is 11.1 Å². The zero-order chi connectivity index (χ0) is 21.3. The molecule has 8 nitrogen and oxygen atoms in total. The molecule has 0 fully saturated rings. The molecule has 0 bridgehead atoms. The van der Waals surface area contributed by atoms with Gasteiger partial charge in [0.15, 0.2) is 8.68 Å². The number of nitrogens with one attached hydrogen (secondary N) is 1. The quantitative estimate of drug-likeness (QED) is 0.206. The number of hydrazone groups is 1. The van der Waals surface area contributed by atoms with Crippen LogP contribution in [0.25, 0.3) is 0 Å². The van der Waals surface area contributed by atoms with Gasteiger partial charge >= 0.3 is 0 Å². The Morgan fingerprint density at radius 2 is 1.97 bits per heavy atom. The van der Waals surface area contributed by atoms with Crippen molar-refractivity contribution in [3.05, 3.63) is 74.8 Å². The molecule has 1 heterocycles. The number of amides is 1. The predicted molar refractivity (Wildman–Crippen MR) is 120 cm³/mol. The molecule has 2 aromatic carbocycles. The third kappa shape index (κ3) is 6.80. The van der Waals surface area contributed by atoms with Gasteiger partial charge in [-0.3, -0.25) is 14.9 Å². The number of hydrogen-bond acceptors (Lipinski definition) is 9. The normalized spacial score (nSPS) is 11.0. The van der Waals surface area contributed by atoms with Crippen molar-refractivity contribution in [3.63, 3.8) is 0 Å². The maximum Gasteiger partial charge on any atom is 0.270 e. The van der Waals surface area contributed by atoms with Crippen LogP contribution < -0.4 is 5.43 Å². The number of halogens is 1. The van der Waals surface area contributed by atoms with Gasteiger partial charge in [-0.1, -0.05) is 76.8 Å². The van der Waals surface area contributed by atoms with Gasteiger partial charge in [0.25, 0.3) is 11.6 Å². The summed E-state index contributed by atoms with van der Waals surface area (Å²) in [6.07, 6.45) is 1.35. The van der Waals surface area contributed by atoms with E-state index in [2.05, 4.69) is 20.7 Å². The monoisotopic (exact) mass is 479 g/mol. The number of nitro groups is 1. The summed E-state index contributed by atoms with van der Waals surface area (Å²) in [5.41, 5.74) is 3.88. The van der Waals surface area contributed by atoms with Gasteiger partial charge in [0, 0.05) is 28.5 Å². The summed E-state index contributed by atoms with van der Waals surface area (Å²) in [7, 11) is 0. The molecule has 3 aromatic rings. The molecule has 0 aliphatic rings. The number of hydrogen-bond donors (Lipinski definition) is 1. The lowest BCUT2D eigenvalue weighted by Crippen LogP contribution is -2.19. The molecule has 1 aromatic heterocycles. The molecule has 0 atom stereocenters. The summed E-state index contributed by atoms with van der Waals surface area (Å²) in [6.45, 7) is 0. The molecular formula is C18H14ClN5O3S3. The van der Waals surface area contributed by atoms with Crippen LogP contribution in [0.15, 0.2) is 62.3 Å². The molecule has 0 aliphatic carbocycles. The Balaban J connectivity index is 1.43. The Kier molecular flexibility index (Phi) is 8.20. The van der Waals surface area contributed by atoms with Crippen molar-refractivity contribution >= 4 is 64.3 Å². The molecule has 0 radical (unpaired) electrons. The standard InChI is InChI=1S/C18H14ClN5O3S3/c19-15-7-2-1-5-13(15)10-28-17-22-23-18(30-17)29-11-16(25)21-20-9-12-4-3-6-14(8-12)24(26)27/h1-9H,10-11H2,(H,21,25)/b20-9+. The third-order valence-corrected chi connectivity index (χ3v) is 7.11. The minimum Gasteiger partial charge on any atom is -0.272 e. The van der Waals surface area contributed by atoms with Crippen molar-refractivity contribution in [3.8, 4) is 0 Å². The number of benzene rings is 2. The second kappa shape index (κ2) is 11.1. The first-order chi connectivity index (χ1) is 14.5. The van der Waals surface area contributed by atoms with Gasteiger partial charge in [0.2, 0.25) is 0 Å².